The molecule has 2 aromatic rings. The molecule has 8 nitrogen and oxygen atoms in total. The average molecular weight is 372 g/mol. The molecule has 2 N–H and O–H groups in total. The number of nitrogens with one attached hydrogen (secondary N) is 2. The van der Waals surface area contributed by atoms with Crippen molar-refractivity contribution in [1.29, 1.82) is 0 Å². The molecule has 4 heterocycles. The molecule has 2 aliphatic rings. The van der Waals surface area contributed by atoms with Gasteiger partial charge >= 0.3 is 6.18 Å². The summed E-state index contributed by atoms with van der Waals surface area (Å²) < 4.78 is 45.1. The van der Waals surface area contributed by atoms with Crippen LogP contribution in [0.5, 0.6) is 0 Å². The fourth-order valence-corrected chi connectivity index (χ4v) is 3.79. The van der Waals surface area contributed by atoms with Gasteiger partial charge in [0.05, 0.1) is 6.54 Å². The van der Waals surface area contributed by atoms with E-state index >= 15 is 0 Å². The molecule has 1 fully saturated rings. The lowest BCUT2D eigenvalue weighted by atomic mass is 9.90. The summed E-state index contributed by atoms with van der Waals surface area (Å²) in [5.41, 5.74) is -0.245. The quantitative estimate of drug-likeness (QED) is 0.833. The summed E-state index contributed by atoms with van der Waals surface area (Å²) in [6.07, 6.45) is -2.80. The van der Waals surface area contributed by atoms with Crippen LogP contribution in [0.25, 0.3) is 0 Å². The van der Waals surface area contributed by atoms with E-state index in [1.54, 1.807) is 0 Å². The maximum absolute atomic E-state index is 12.9. The Bertz CT molecular complexity index is 826. The number of rotatable bonds is 3. The van der Waals surface area contributed by atoms with Gasteiger partial charge < -0.3 is 14.4 Å². The van der Waals surface area contributed by atoms with Crippen LogP contribution in [0, 0.1) is 0 Å². The Labute approximate surface area is 146 Å². The Morgan fingerprint density at radius 1 is 1.31 bits per heavy atom. The van der Waals surface area contributed by atoms with Gasteiger partial charge in [0.15, 0.2) is 0 Å². The van der Waals surface area contributed by atoms with Gasteiger partial charge in [-0.25, -0.2) is 0 Å². The van der Waals surface area contributed by atoms with Gasteiger partial charge in [0.1, 0.15) is 11.6 Å². The lowest BCUT2D eigenvalue weighted by Crippen LogP contribution is -2.47. The summed E-state index contributed by atoms with van der Waals surface area (Å²) in [7, 11) is 0. The number of nitrogens with zero attached hydrogens (tertiary/aromatic N) is 4. The molecule has 0 unspecified atom stereocenters. The highest BCUT2D eigenvalue weighted by atomic mass is 19.4. The number of hydrogen-bond donors (Lipinski definition) is 2. The molecule has 142 valence electrons. The van der Waals surface area contributed by atoms with Crippen LogP contribution in [0.15, 0.2) is 15.4 Å². The average Bonchev–Trinajstić information content (AvgIpc) is 3.20. The third-order valence-corrected chi connectivity index (χ3v) is 5.00. The van der Waals surface area contributed by atoms with Gasteiger partial charge in [0.25, 0.3) is 5.56 Å². The zero-order valence-corrected chi connectivity index (χ0v) is 13.9. The first-order valence-corrected chi connectivity index (χ1v) is 8.53. The molecule has 0 spiro atoms. The van der Waals surface area contributed by atoms with Crippen LogP contribution < -0.4 is 10.9 Å². The standard InChI is InChI=1S/C15H19F3N6O2/c16-15(17,18)14-21-20-12-8-23(3-4-24(12)14)7-10-5-9(1-2-19-10)11-6-13(25)22-26-11/h6,9-10,19H,1-5,7-8H2,(H,22,25)/t9-,10+/m1/s1. The summed E-state index contributed by atoms with van der Waals surface area (Å²) in [4.78, 5) is 13.3. The number of H-pyrrole nitrogens is 1. The van der Waals surface area contributed by atoms with Crippen LogP contribution in [0.4, 0.5) is 13.2 Å². The lowest BCUT2D eigenvalue weighted by Gasteiger charge is -2.35. The zero-order valence-electron chi connectivity index (χ0n) is 13.9. The third-order valence-electron chi connectivity index (χ3n) is 5.00. The monoisotopic (exact) mass is 372 g/mol. The van der Waals surface area contributed by atoms with Gasteiger partial charge in [-0.1, -0.05) is 0 Å². The Hall–Kier alpha value is -2.14. The highest BCUT2D eigenvalue weighted by molar-refractivity contribution is 5.06. The molecule has 2 aliphatic heterocycles. The molecular weight excluding hydrogens is 353 g/mol. The normalized spacial score (nSPS) is 24.6. The lowest BCUT2D eigenvalue weighted by molar-refractivity contribution is -0.148. The minimum atomic E-state index is -4.48. The maximum atomic E-state index is 12.9. The van der Waals surface area contributed by atoms with Crippen LogP contribution in [0.2, 0.25) is 0 Å². The number of aromatic amines is 1. The number of fused-ring (bicyclic) bond motifs is 1. The van der Waals surface area contributed by atoms with Gasteiger partial charge in [-0.05, 0) is 19.4 Å². The van der Waals surface area contributed by atoms with Crippen LogP contribution >= 0.6 is 0 Å². The van der Waals surface area contributed by atoms with E-state index in [1.165, 1.54) is 6.07 Å². The molecule has 0 aromatic carbocycles. The van der Waals surface area contributed by atoms with Gasteiger partial charge in [0.2, 0.25) is 5.82 Å². The van der Waals surface area contributed by atoms with Gasteiger partial charge in [-0.15, -0.1) is 10.2 Å². The van der Waals surface area contributed by atoms with Crippen molar-refractivity contribution in [1.82, 2.24) is 30.1 Å². The molecule has 0 saturated carbocycles. The van der Waals surface area contributed by atoms with Crippen molar-refractivity contribution < 1.29 is 17.7 Å². The fraction of sp³-hybridized carbons (Fsp3) is 0.667. The molecular formula is C15H19F3N6O2. The second-order valence-electron chi connectivity index (χ2n) is 6.81. The second-order valence-corrected chi connectivity index (χ2v) is 6.81. The van der Waals surface area contributed by atoms with Crippen molar-refractivity contribution in [2.75, 3.05) is 19.6 Å². The molecule has 0 radical (unpaired) electrons. The summed E-state index contributed by atoms with van der Waals surface area (Å²) in [6.45, 7) is 2.56. The number of aromatic nitrogens is 4. The molecule has 0 bridgehead atoms. The fourth-order valence-electron chi connectivity index (χ4n) is 3.79. The van der Waals surface area contributed by atoms with Crippen LogP contribution in [-0.2, 0) is 19.3 Å². The summed E-state index contributed by atoms with van der Waals surface area (Å²) in [6, 6.07) is 1.65. The summed E-state index contributed by atoms with van der Waals surface area (Å²) in [5, 5.41) is 12.8. The number of halogens is 3. The Kier molecular flexibility index (Phi) is 4.35. The zero-order chi connectivity index (χ0) is 18.3. The van der Waals surface area contributed by atoms with E-state index in [0.717, 1.165) is 24.0 Å². The highest BCUT2D eigenvalue weighted by Gasteiger charge is 2.39. The predicted octanol–water partition coefficient (Wildman–Crippen LogP) is 0.930. The maximum Gasteiger partial charge on any atom is 0.451 e. The van der Waals surface area contributed by atoms with Gasteiger partial charge in [-0.2, -0.15) is 18.3 Å². The minimum Gasteiger partial charge on any atom is -0.383 e. The van der Waals surface area contributed by atoms with Crippen LogP contribution in [0.3, 0.4) is 0 Å². The topological polar surface area (TPSA) is 92.0 Å². The van der Waals surface area contributed by atoms with Crippen molar-refractivity contribution in [3.8, 4) is 0 Å². The van der Waals surface area contributed by atoms with Crippen molar-refractivity contribution >= 4 is 0 Å². The SMILES string of the molecule is O=c1cc([C@@H]2CCN[C@H](CN3CCn4c(nnc4C(F)(F)F)C3)C2)o[nH]1. The largest absolute Gasteiger partial charge is 0.451 e. The van der Waals surface area contributed by atoms with Gasteiger partial charge in [-0.3, -0.25) is 9.69 Å². The number of alkyl halides is 3. The van der Waals surface area contributed by atoms with Crippen LogP contribution in [-0.4, -0.2) is 50.5 Å². The van der Waals surface area contributed by atoms with Crippen molar-refractivity contribution in [3.05, 3.63) is 33.8 Å². The molecule has 4 rings (SSSR count). The van der Waals surface area contributed by atoms with E-state index in [1.807, 2.05) is 0 Å². The Morgan fingerprint density at radius 2 is 2.15 bits per heavy atom. The molecule has 11 heteroatoms. The molecule has 2 aromatic heterocycles. The third kappa shape index (κ3) is 3.40. The second kappa shape index (κ2) is 6.54. The van der Waals surface area contributed by atoms with E-state index in [4.69, 9.17) is 4.52 Å². The smallest absolute Gasteiger partial charge is 0.383 e. The van der Waals surface area contributed by atoms with Crippen molar-refractivity contribution in [3.63, 3.8) is 0 Å². The number of hydrogen-bond acceptors (Lipinski definition) is 6. The van der Waals surface area contributed by atoms with Crippen molar-refractivity contribution in [2.24, 2.45) is 0 Å². The predicted molar refractivity (Wildman–Crippen MR) is 83.4 cm³/mol. The molecule has 0 aliphatic carbocycles. The first-order chi connectivity index (χ1) is 12.4. The highest BCUT2D eigenvalue weighted by Crippen LogP contribution is 2.30. The minimum absolute atomic E-state index is 0.158. The molecule has 1 saturated heterocycles. The van der Waals surface area contributed by atoms with E-state index in [0.29, 0.717) is 31.2 Å². The van der Waals surface area contributed by atoms with E-state index < -0.39 is 12.0 Å². The summed E-state index contributed by atoms with van der Waals surface area (Å²) in [5.74, 6) is 0.234. The molecule has 26 heavy (non-hydrogen) atoms. The van der Waals surface area contributed by atoms with E-state index in [2.05, 4.69) is 25.6 Å². The van der Waals surface area contributed by atoms with Crippen LogP contribution in [0.1, 0.15) is 36.2 Å². The molecule has 0 amide bonds. The summed E-state index contributed by atoms with van der Waals surface area (Å²) >= 11 is 0. The first-order valence-electron chi connectivity index (χ1n) is 8.53. The Morgan fingerprint density at radius 3 is 2.88 bits per heavy atom. The Balaban J connectivity index is 1.39. The molecule has 2 atom stereocenters. The number of piperidine rings is 1. The first kappa shape index (κ1) is 17.3. The van der Waals surface area contributed by atoms with Crippen molar-refractivity contribution in [2.45, 2.75) is 44.1 Å². The van der Waals surface area contributed by atoms with E-state index in [-0.39, 0.29) is 24.1 Å². The van der Waals surface area contributed by atoms with Gasteiger partial charge in [0, 0.05) is 37.7 Å². The van der Waals surface area contributed by atoms with E-state index in [9.17, 15) is 18.0 Å².